The Labute approximate surface area is 136 Å². The third-order valence-electron chi connectivity index (χ3n) is 4.08. The Balaban J connectivity index is 1.53. The van der Waals surface area contributed by atoms with Gasteiger partial charge in [0.05, 0.1) is 11.5 Å². The maximum Gasteiger partial charge on any atom is 0.319 e. The average molecular weight is 336 g/mol. The lowest BCUT2D eigenvalue weighted by Gasteiger charge is -2.16. The largest absolute Gasteiger partial charge is 0.465 e. The van der Waals surface area contributed by atoms with Gasteiger partial charge >= 0.3 is 5.97 Å². The number of thioether (sulfide) groups is 1. The number of hydrogen-bond acceptors (Lipinski definition) is 7. The molecule has 1 fully saturated rings. The molecule has 2 aliphatic rings. The SMILES string of the molecule is C[C@@H]1CCc2sc(-c3nnc(S[C@H]4CCOC4=O)o3)cc2C1. The Hall–Kier alpha value is -1.34. The number of hydrogen-bond donors (Lipinski definition) is 0. The lowest BCUT2D eigenvalue weighted by molar-refractivity contribution is -0.137. The van der Waals surface area contributed by atoms with E-state index in [1.807, 2.05) is 0 Å². The van der Waals surface area contributed by atoms with E-state index in [4.69, 9.17) is 9.15 Å². The predicted octanol–water partition coefficient (Wildman–Crippen LogP) is 3.33. The fourth-order valence-corrected chi connectivity index (χ4v) is 4.84. The second-order valence-electron chi connectivity index (χ2n) is 5.84. The van der Waals surface area contributed by atoms with Crippen molar-refractivity contribution in [3.8, 4) is 10.8 Å². The van der Waals surface area contributed by atoms with Gasteiger partial charge in [-0.1, -0.05) is 6.92 Å². The number of fused-ring (bicyclic) bond motifs is 1. The van der Waals surface area contributed by atoms with Crippen LogP contribution >= 0.6 is 23.1 Å². The van der Waals surface area contributed by atoms with Gasteiger partial charge in [-0.3, -0.25) is 4.79 Å². The number of nitrogens with zero attached hydrogens (tertiary/aromatic N) is 2. The van der Waals surface area contributed by atoms with Crippen molar-refractivity contribution in [3.05, 3.63) is 16.5 Å². The molecule has 5 nitrogen and oxygen atoms in total. The molecule has 2 aromatic heterocycles. The highest BCUT2D eigenvalue weighted by molar-refractivity contribution is 8.00. The van der Waals surface area contributed by atoms with Crippen LogP contribution in [0.4, 0.5) is 0 Å². The number of carbonyl (C=O) groups excluding carboxylic acids is 1. The van der Waals surface area contributed by atoms with Crippen LogP contribution in [0.5, 0.6) is 0 Å². The van der Waals surface area contributed by atoms with Crippen LogP contribution in [0.1, 0.15) is 30.2 Å². The molecule has 2 atom stereocenters. The first kappa shape index (κ1) is 14.3. The molecule has 0 aromatic carbocycles. The maximum absolute atomic E-state index is 11.5. The van der Waals surface area contributed by atoms with Crippen LogP contribution in [-0.4, -0.2) is 28.0 Å². The van der Waals surface area contributed by atoms with Crippen molar-refractivity contribution >= 4 is 29.1 Å². The molecule has 0 unspecified atom stereocenters. The molecular weight excluding hydrogens is 320 g/mol. The first-order chi connectivity index (χ1) is 10.7. The summed E-state index contributed by atoms with van der Waals surface area (Å²) in [7, 11) is 0. The topological polar surface area (TPSA) is 65.2 Å². The molecular formula is C15H16N2O3S2. The van der Waals surface area contributed by atoms with Crippen molar-refractivity contribution in [2.24, 2.45) is 5.92 Å². The zero-order valence-electron chi connectivity index (χ0n) is 12.2. The van der Waals surface area contributed by atoms with E-state index in [2.05, 4.69) is 23.2 Å². The molecule has 2 aromatic rings. The van der Waals surface area contributed by atoms with Crippen molar-refractivity contribution < 1.29 is 13.9 Å². The van der Waals surface area contributed by atoms with E-state index in [-0.39, 0.29) is 11.2 Å². The molecule has 1 aliphatic heterocycles. The van der Waals surface area contributed by atoms with Gasteiger partial charge in [0.15, 0.2) is 0 Å². The molecule has 116 valence electrons. The summed E-state index contributed by atoms with van der Waals surface area (Å²) in [4.78, 5) is 14.0. The number of carbonyl (C=O) groups is 1. The number of cyclic esters (lactones) is 1. The highest BCUT2D eigenvalue weighted by atomic mass is 32.2. The lowest BCUT2D eigenvalue weighted by Crippen LogP contribution is -2.09. The summed E-state index contributed by atoms with van der Waals surface area (Å²) in [5.41, 5.74) is 1.42. The predicted molar refractivity (Wildman–Crippen MR) is 84.0 cm³/mol. The Morgan fingerprint density at radius 1 is 1.36 bits per heavy atom. The minimum atomic E-state index is -0.217. The van der Waals surface area contributed by atoms with E-state index in [1.54, 1.807) is 11.3 Å². The zero-order chi connectivity index (χ0) is 15.1. The zero-order valence-corrected chi connectivity index (χ0v) is 13.8. The molecule has 0 saturated carbocycles. The van der Waals surface area contributed by atoms with Crippen molar-refractivity contribution in [1.82, 2.24) is 10.2 Å². The van der Waals surface area contributed by atoms with Crippen LogP contribution < -0.4 is 0 Å². The maximum atomic E-state index is 11.5. The quantitative estimate of drug-likeness (QED) is 0.801. The third-order valence-corrected chi connectivity index (χ3v) is 6.38. The van der Waals surface area contributed by atoms with E-state index >= 15 is 0 Å². The van der Waals surface area contributed by atoms with Crippen LogP contribution in [-0.2, 0) is 22.4 Å². The van der Waals surface area contributed by atoms with Crippen molar-refractivity contribution in [3.63, 3.8) is 0 Å². The highest BCUT2D eigenvalue weighted by Gasteiger charge is 2.30. The van der Waals surface area contributed by atoms with Gasteiger partial charge in [-0.2, -0.15) is 0 Å². The molecule has 3 heterocycles. The van der Waals surface area contributed by atoms with Crippen LogP contribution in [0.15, 0.2) is 15.7 Å². The van der Waals surface area contributed by atoms with Crippen molar-refractivity contribution in [1.29, 1.82) is 0 Å². The number of rotatable bonds is 3. The second-order valence-corrected chi connectivity index (χ2v) is 8.13. The van der Waals surface area contributed by atoms with Crippen molar-refractivity contribution in [2.75, 3.05) is 6.61 Å². The van der Waals surface area contributed by atoms with Gasteiger partial charge in [-0.15, -0.1) is 21.5 Å². The summed E-state index contributed by atoms with van der Waals surface area (Å²) in [6.45, 7) is 2.77. The molecule has 0 radical (unpaired) electrons. The van der Waals surface area contributed by atoms with Gasteiger partial charge in [-0.25, -0.2) is 0 Å². The van der Waals surface area contributed by atoms with Crippen LogP contribution in [0, 0.1) is 5.92 Å². The number of aromatic nitrogens is 2. The average Bonchev–Trinajstić information content (AvgIpc) is 3.19. The summed E-state index contributed by atoms with van der Waals surface area (Å²) in [5, 5.41) is 8.42. The highest BCUT2D eigenvalue weighted by Crippen LogP contribution is 2.38. The summed E-state index contributed by atoms with van der Waals surface area (Å²) in [6, 6.07) is 2.18. The Morgan fingerprint density at radius 2 is 2.27 bits per heavy atom. The van der Waals surface area contributed by atoms with Crippen LogP contribution in [0.2, 0.25) is 0 Å². The standard InChI is InChI=1S/C15H16N2O3S2/c1-8-2-3-10-9(6-8)7-12(21-10)13-16-17-15(20-13)22-11-4-5-19-14(11)18/h7-8,11H,2-6H2,1H3/t8-,11+/m1/s1. The van der Waals surface area contributed by atoms with Gasteiger partial charge in [0.1, 0.15) is 5.25 Å². The normalized spacial score (nSPS) is 24.3. The molecule has 0 spiro atoms. The first-order valence-corrected chi connectivity index (χ1v) is 9.17. The monoisotopic (exact) mass is 336 g/mol. The summed E-state index contributed by atoms with van der Waals surface area (Å²) < 4.78 is 10.7. The van der Waals surface area contributed by atoms with Crippen LogP contribution in [0.3, 0.4) is 0 Å². The van der Waals surface area contributed by atoms with E-state index in [1.165, 1.54) is 28.6 Å². The summed E-state index contributed by atoms with van der Waals surface area (Å²) in [6.07, 6.45) is 4.23. The number of thiophene rings is 1. The third kappa shape index (κ3) is 2.67. The Bertz CT molecular complexity index is 709. The van der Waals surface area contributed by atoms with Gasteiger partial charge in [-0.05, 0) is 48.6 Å². The van der Waals surface area contributed by atoms with Gasteiger partial charge < -0.3 is 9.15 Å². The summed E-state index contributed by atoms with van der Waals surface area (Å²) in [5.74, 6) is 1.11. The van der Waals surface area contributed by atoms with Gasteiger partial charge in [0, 0.05) is 11.3 Å². The van der Waals surface area contributed by atoms with E-state index in [9.17, 15) is 4.79 Å². The molecule has 0 bridgehead atoms. The molecule has 0 amide bonds. The Kier molecular flexibility index (Phi) is 3.69. The number of aryl methyl sites for hydroxylation is 1. The smallest absolute Gasteiger partial charge is 0.319 e. The van der Waals surface area contributed by atoms with Gasteiger partial charge in [0.25, 0.3) is 11.1 Å². The fourth-order valence-electron chi connectivity index (χ4n) is 2.87. The molecule has 22 heavy (non-hydrogen) atoms. The second kappa shape index (κ2) is 5.70. The van der Waals surface area contributed by atoms with Crippen molar-refractivity contribution in [2.45, 2.75) is 43.1 Å². The summed E-state index contributed by atoms with van der Waals surface area (Å²) >= 11 is 3.05. The first-order valence-electron chi connectivity index (χ1n) is 7.48. The van der Waals surface area contributed by atoms with E-state index in [0.717, 1.165) is 23.6 Å². The lowest BCUT2D eigenvalue weighted by atomic mass is 9.90. The molecule has 4 rings (SSSR count). The number of esters is 1. The molecule has 7 heteroatoms. The number of ether oxygens (including phenoxy) is 1. The Morgan fingerprint density at radius 3 is 3.09 bits per heavy atom. The molecule has 1 aliphatic carbocycles. The minimum Gasteiger partial charge on any atom is -0.465 e. The minimum absolute atomic E-state index is 0.190. The van der Waals surface area contributed by atoms with E-state index in [0.29, 0.717) is 24.1 Å². The molecule has 1 saturated heterocycles. The van der Waals surface area contributed by atoms with Crippen LogP contribution in [0.25, 0.3) is 10.8 Å². The fraction of sp³-hybridized carbons (Fsp3) is 0.533. The van der Waals surface area contributed by atoms with Gasteiger partial charge in [0.2, 0.25) is 0 Å². The molecule has 0 N–H and O–H groups in total. The van der Waals surface area contributed by atoms with E-state index < -0.39 is 0 Å².